The van der Waals surface area contributed by atoms with Gasteiger partial charge in [0.25, 0.3) is 0 Å². The fraction of sp³-hybridized carbons (Fsp3) is 0. The molecule has 7 aromatic rings. The van der Waals surface area contributed by atoms with Crippen LogP contribution in [0.3, 0.4) is 0 Å². The molecule has 0 amide bonds. The SMILES string of the molecule is [O-][n+]1ccc(-c2c3nc(c(-c4ccccc4)c4ccc([nH]4)c(-c4cc[n+]([O-])cc4)c4nc(c(-c5ccccc5)c5ccc2[nH]5)C=C4)C=C3)cc1. The Bertz CT molecular complexity index is 2450. The minimum absolute atomic E-state index is 0.766. The molecule has 0 spiro atoms. The quantitative estimate of drug-likeness (QED) is 0.147. The molecule has 0 atom stereocenters. The molecular weight excluding hydrogens is 621 g/mol. The van der Waals surface area contributed by atoms with Gasteiger partial charge in [-0.05, 0) is 70.8 Å². The summed E-state index contributed by atoms with van der Waals surface area (Å²) >= 11 is 0. The molecule has 7 heterocycles. The molecule has 2 aromatic carbocycles. The van der Waals surface area contributed by atoms with Crippen LogP contribution in [-0.2, 0) is 0 Å². The Balaban J connectivity index is 1.47. The number of fused-ring (bicyclic) bond motifs is 8. The summed E-state index contributed by atoms with van der Waals surface area (Å²) in [5, 5.41) is 24.2. The lowest BCUT2D eigenvalue weighted by atomic mass is 10.0. The Hall–Kier alpha value is -7.06. The Morgan fingerprint density at radius 3 is 0.940 bits per heavy atom. The monoisotopic (exact) mass is 648 g/mol. The van der Waals surface area contributed by atoms with Gasteiger partial charge in [-0.25, -0.2) is 9.97 Å². The third kappa shape index (κ3) is 5.12. The molecule has 0 aliphatic carbocycles. The average Bonchev–Trinajstić information content (AvgIpc) is 3.98. The number of pyridine rings is 2. The first kappa shape index (κ1) is 29.1. The molecule has 9 rings (SSSR count). The molecule has 50 heavy (non-hydrogen) atoms. The molecule has 8 nitrogen and oxygen atoms in total. The molecule has 0 fully saturated rings. The predicted octanol–water partition coefficient (Wildman–Crippen LogP) is 8.59. The van der Waals surface area contributed by atoms with E-state index in [1.54, 1.807) is 0 Å². The summed E-state index contributed by atoms with van der Waals surface area (Å²) in [7, 11) is 0. The zero-order valence-corrected chi connectivity index (χ0v) is 26.6. The fourth-order valence-corrected chi connectivity index (χ4v) is 6.79. The maximum Gasteiger partial charge on any atom is 0.180 e. The molecule has 0 saturated heterocycles. The number of hydrogen-bond acceptors (Lipinski definition) is 4. The second-order valence-corrected chi connectivity index (χ2v) is 12.1. The van der Waals surface area contributed by atoms with Gasteiger partial charge in [0.15, 0.2) is 24.8 Å². The van der Waals surface area contributed by atoms with Gasteiger partial charge in [0, 0.05) is 68.6 Å². The van der Waals surface area contributed by atoms with Crippen molar-refractivity contribution in [2.75, 3.05) is 0 Å². The summed E-state index contributed by atoms with van der Waals surface area (Å²) in [5.74, 6) is 0. The van der Waals surface area contributed by atoms with Gasteiger partial charge < -0.3 is 20.4 Å². The van der Waals surface area contributed by atoms with Crippen molar-refractivity contribution in [2.45, 2.75) is 0 Å². The lowest BCUT2D eigenvalue weighted by molar-refractivity contribution is -0.605. The molecular formula is C42H28N6O2. The first-order chi connectivity index (χ1) is 24.6. The molecule has 0 unspecified atom stereocenters. The number of nitrogens with one attached hydrogen (secondary N) is 2. The Kier molecular flexibility index (Phi) is 6.91. The van der Waals surface area contributed by atoms with Gasteiger partial charge in [0.2, 0.25) is 0 Å². The number of benzene rings is 2. The zero-order valence-electron chi connectivity index (χ0n) is 26.6. The van der Waals surface area contributed by atoms with E-state index in [0.717, 1.165) is 98.8 Å². The smallest absolute Gasteiger partial charge is 0.180 e. The van der Waals surface area contributed by atoms with Crippen molar-refractivity contribution in [3.05, 3.63) is 167 Å². The molecule has 2 aliphatic heterocycles. The average molecular weight is 649 g/mol. The standard InChI is InChI=1S/C42H28N6O2/c49-47-23-19-29(20-24-47)41-35-15-11-31(43-35)39(27-7-3-1-4-8-27)32-12-16-36(44-32)42(30-21-25-48(50)26-22-30)38-18-14-34(46-38)40(28-9-5-2-6-10-28)33-13-17-37(41)45-33/h1-26,43,46H. The minimum Gasteiger partial charge on any atom is -0.619 e. The normalized spacial score (nSPS) is 12.0. The van der Waals surface area contributed by atoms with E-state index in [4.69, 9.17) is 9.97 Å². The van der Waals surface area contributed by atoms with E-state index in [-0.39, 0.29) is 0 Å². The van der Waals surface area contributed by atoms with E-state index in [2.05, 4.69) is 58.5 Å². The summed E-state index contributed by atoms with van der Waals surface area (Å²) in [4.78, 5) is 17.9. The second kappa shape index (κ2) is 11.9. The van der Waals surface area contributed by atoms with Crippen LogP contribution in [0.1, 0.15) is 22.8 Å². The van der Waals surface area contributed by atoms with Crippen LogP contribution in [0.25, 0.3) is 90.9 Å². The minimum atomic E-state index is 0.766. The van der Waals surface area contributed by atoms with Gasteiger partial charge in [-0.3, -0.25) is 0 Å². The van der Waals surface area contributed by atoms with E-state index >= 15 is 0 Å². The highest BCUT2D eigenvalue weighted by Gasteiger charge is 2.19. The van der Waals surface area contributed by atoms with Crippen LogP contribution < -0.4 is 9.46 Å². The maximum absolute atomic E-state index is 12.1. The number of rotatable bonds is 4. The summed E-state index contributed by atoms with van der Waals surface area (Å²) < 4.78 is 1.57. The fourth-order valence-electron chi connectivity index (χ4n) is 6.79. The predicted molar refractivity (Wildman–Crippen MR) is 199 cm³/mol. The third-order valence-electron chi connectivity index (χ3n) is 9.06. The maximum atomic E-state index is 12.1. The van der Waals surface area contributed by atoms with Gasteiger partial charge in [0.1, 0.15) is 0 Å². The van der Waals surface area contributed by atoms with Crippen LogP contribution in [0.15, 0.2) is 134 Å². The van der Waals surface area contributed by atoms with E-state index < -0.39 is 0 Å². The molecule has 0 saturated carbocycles. The molecule has 2 N–H and O–H groups in total. The zero-order chi connectivity index (χ0) is 33.6. The topological polar surface area (TPSA) is 111 Å². The van der Waals surface area contributed by atoms with Crippen molar-refractivity contribution in [2.24, 2.45) is 0 Å². The summed E-state index contributed by atoms with van der Waals surface area (Å²) in [6.45, 7) is 0. The van der Waals surface area contributed by atoms with Crippen molar-refractivity contribution >= 4 is 46.4 Å². The van der Waals surface area contributed by atoms with Crippen molar-refractivity contribution in [3.8, 4) is 44.5 Å². The van der Waals surface area contributed by atoms with Crippen molar-refractivity contribution in [1.29, 1.82) is 0 Å². The number of H-pyrrole nitrogens is 2. The van der Waals surface area contributed by atoms with Crippen LogP contribution in [0.4, 0.5) is 0 Å². The second-order valence-electron chi connectivity index (χ2n) is 12.1. The van der Waals surface area contributed by atoms with E-state index in [0.29, 0.717) is 0 Å². The van der Waals surface area contributed by atoms with Gasteiger partial charge in [-0.1, -0.05) is 60.7 Å². The molecule has 2 aliphatic rings. The summed E-state index contributed by atoms with van der Waals surface area (Å²) in [6.07, 6.45) is 14.2. The summed E-state index contributed by atoms with van der Waals surface area (Å²) in [6, 6.07) is 35.9. The van der Waals surface area contributed by atoms with E-state index in [9.17, 15) is 10.4 Å². The third-order valence-corrected chi connectivity index (χ3v) is 9.06. The van der Waals surface area contributed by atoms with Crippen LogP contribution in [0, 0.1) is 10.4 Å². The highest BCUT2D eigenvalue weighted by Crippen LogP contribution is 2.38. The van der Waals surface area contributed by atoms with Crippen molar-refractivity contribution in [1.82, 2.24) is 19.9 Å². The van der Waals surface area contributed by atoms with Gasteiger partial charge in [-0.2, -0.15) is 9.46 Å². The number of aromatic nitrogens is 6. The Morgan fingerprint density at radius 1 is 0.360 bits per heavy atom. The molecule has 8 bridgehead atoms. The largest absolute Gasteiger partial charge is 0.619 e. The number of hydrogen-bond donors (Lipinski definition) is 2. The van der Waals surface area contributed by atoms with E-state index in [1.165, 1.54) is 24.8 Å². The lowest BCUT2D eigenvalue weighted by Gasteiger charge is -2.07. The highest BCUT2D eigenvalue weighted by atomic mass is 16.5. The first-order valence-electron chi connectivity index (χ1n) is 16.2. The molecule has 0 radical (unpaired) electrons. The van der Waals surface area contributed by atoms with Gasteiger partial charge in [-0.15, -0.1) is 0 Å². The highest BCUT2D eigenvalue weighted by molar-refractivity contribution is 5.99. The van der Waals surface area contributed by atoms with Crippen LogP contribution in [-0.4, -0.2) is 19.9 Å². The van der Waals surface area contributed by atoms with Crippen LogP contribution in [0.5, 0.6) is 0 Å². The van der Waals surface area contributed by atoms with Gasteiger partial charge in [0.05, 0.1) is 22.8 Å². The number of nitrogens with zero attached hydrogens (tertiary/aromatic N) is 4. The summed E-state index contributed by atoms with van der Waals surface area (Å²) in [5.41, 5.74) is 13.9. The first-order valence-corrected chi connectivity index (χ1v) is 16.2. The Morgan fingerprint density at radius 2 is 0.640 bits per heavy atom. The molecule has 5 aromatic heterocycles. The van der Waals surface area contributed by atoms with Gasteiger partial charge >= 0.3 is 0 Å². The molecule has 8 heteroatoms. The van der Waals surface area contributed by atoms with Crippen molar-refractivity contribution < 1.29 is 9.46 Å². The van der Waals surface area contributed by atoms with E-state index in [1.807, 2.05) is 85.0 Å². The lowest BCUT2D eigenvalue weighted by Crippen LogP contribution is -2.23. The molecule has 238 valence electrons. The Labute approximate surface area is 286 Å². The van der Waals surface area contributed by atoms with Crippen molar-refractivity contribution in [3.63, 3.8) is 0 Å². The van der Waals surface area contributed by atoms with Crippen LogP contribution in [0.2, 0.25) is 0 Å². The number of aromatic amines is 2. The van der Waals surface area contributed by atoms with Crippen LogP contribution >= 0.6 is 0 Å².